The lowest BCUT2D eigenvalue weighted by atomic mass is 9.74. The number of nitrogens with one attached hydrogen (secondary N) is 2. The van der Waals surface area contributed by atoms with Gasteiger partial charge in [0.05, 0.1) is 22.1 Å². The van der Waals surface area contributed by atoms with Crippen LogP contribution in [0, 0.1) is 17.2 Å². The summed E-state index contributed by atoms with van der Waals surface area (Å²) in [4.78, 5) is 24.5. The highest BCUT2D eigenvalue weighted by molar-refractivity contribution is 6.42. The molecule has 1 aromatic rings. The van der Waals surface area contributed by atoms with Gasteiger partial charge in [-0.15, -0.1) is 0 Å². The summed E-state index contributed by atoms with van der Waals surface area (Å²) in [5, 5.41) is 15.1. The van der Waals surface area contributed by atoms with E-state index in [9.17, 15) is 19.1 Å². The maximum Gasteiger partial charge on any atom is 0.223 e. The van der Waals surface area contributed by atoms with E-state index in [1.807, 2.05) is 0 Å². The Morgan fingerprint density at radius 2 is 1.88 bits per heavy atom. The molecule has 0 radical (unpaired) electrons. The minimum Gasteiger partial charge on any atom is -0.505 e. The fraction of sp³-hybridized carbons (Fsp3) is 0.636. The second kappa shape index (κ2) is 8.28. The number of phenolic OH excluding ortho intramolecular Hbond substituents is 1. The molecule has 1 aromatic carbocycles. The van der Waals surface area contributed by atoms with Crippen LogP contribution < -0.4 is 10.6 Å². The first-order valence-electron chi connectivity index (χ1n) is 10.7. The predicted molar refractivity (Wildman–Crippen MR) is 114 cm³/mol. The van der Waals surface area contributed by atoms with Crippen LogP contribution in [0.5, 0.6) is 5.75 Å². The van der Waals surface area contributed by atoms with Gasteiger partial charge in [-0.2, -0.15) is 0 Å². The van der Waals surface area contributed by atoms with Crippen LogP contribution >= 0.6 is 23.2 Å². The highest BCUT2D eigenvalue weighted by atomic mass is 35.5. The summed E-state index contributed by atoms with van der Waals surface area (Å²) in [5.74, 6) is -3.42. The number of carbonyl (C=O) groups is 2. The van der Waals surface area contributed by atoms with Gasteiger partial charge in [0.15, 0.2) is 11.6 Å². The SMILES string of the molecule is CC(=O)N[C@H]1C[C@H](C(=O)N[C@H](c2c(F)c(O)cc(Cl)c2Cl)C23CCC(F)(CC2)C3)C[C@@H]1F. The van der Waals surface area contributed by atoms with Gasteiger partial charge < -0.3 is 15.7 Å². The maximum atomic E-state index is 15.1. The van der Waals surface area contributed by atoms with Gasteiger partial charge in [0, 0.05) is 24.5 Å². The lowest BCUT2D eigenvalue weighted by molar-refractivity contribution is -0.127. The van der Waals surface area contributed by atoms with Crippen molar-refractivity contribution in [2.24, 2.45) is 11.3 Å². The molecule has 176 valence electrons. The Bertz CT molecular complexity index is 927. The van der Waals surface area contributed by atoms with Gasteiger partial charge in [-0.1, -0.05) is 23.2 Å². The summed E-state index contributed by atoms with van der Waals surface area (Å²) in [6.45, 7) is 1.27. The number of halogens is 5. The van der Waals surface area contributed by atoms with Crippen LogP contribution in [0.1, 0.15) is 63.5 Å². The van der Waals surface area contributed by atoms with Crippen molar-refractivity contribution in [3.63, 3.8) is 0 Å². The average Bonchev–Trinajstić information content (AvgIpc) is 3.36. The Labute approximate surface area is 194 Å². The Balaban J connectivity index is 1.67. The standard InChI is InChI=1S/C22H25Cl2F3N2O3/c1-10(30)28-14-7-11(6-13(14)25)20(32)29-19(21-2-4-22(27,9-21)5-3-21)16-17(24)12(23)8-15(31)18(16)26/h8,11,13-14,19,31H,2-7,9H2,1H3,(H,28,30)(H,29,32)/t11-,13+,14+,19-,21?,22?/m1/s1. The lowest BCUT2D eigenvalue weighted by Crippen LogP contribution is -2.42. The maximum absolute atomic E-state index is 15.1. The molecule has 3 N–H and O–H groups in total. The van der Waals surface area contributed by atoms with Crippen molar-refractivity contribution in [2.75, 3.05) is 0 Å². The molecule has 0 saturated heterocycles. The Morgan fingerprint density at radius 3 is 2.44 bits per heavy atom. The summed E-state index contributed by atoms with van der Waals surface area (Å²) in [5.41, 5.74) is -2.36. The summed E-state index contributed by atoms with van der Waals surface area (Å²) < 4.78 is 44.5. The highest BCUT2D eigenvalue weighted by Gasteiger charge is 2.59. The fourth-order valence-corrected chi connectivity index (χ4v) is 6.29. The van der Waals surface area contributed by atoms with Gasteiger partial charge in [0.2, 0.25) is 11.8 Å². The van der Waals surface area contributed by atoms with Crippen LogP contribution in [0.3, 0.4) is 0 Å². The van der Waals surface area contributed by atoms with E-state index < -0.39 is 58.6 Å². The third-order valence-corrected chi connectivity index (χ3v) is 8.22. The second-order valence-electron chi connectivity index (χ2n) is 9.54. The van der Waals surface area contributed by atoms with Gasteiger partial charge in [-0.3, -0.25) is 9.59 Å². The number of phenols is 1. The predicted octanol–water partition coefficient (Wildman–Crippen LogP) is 4.92. The van der Waals surface area contributed by atoms with Crippen molar-refractivity contribution in [1.29, 1.82) is 0 Å². The number of fused-ring (bicyclic) bond motifs is 2. The van der Waals surface area contributed by atoms with Crippen LogP contribution in [-0.4, -0.2) is 34.8 Å². The van der Waals surface area contributed by atoms with E-state index in [4.69, 9.17) is 23.2 Å². The first-order chi connectivity index (χ1) is 14.9. The number of hydrogen-bond acceptors (Lipinski definition) is 3. The molecule has 2 amide bonds. The van der Waals surface area contributed by atoms with Crippen molar-refractivity contribution in [3.8, 4) is 5.75 Å². The topological polar surface area (TPSA) is 78.4 Å². The van der Waals surface area contributed by atoms with Gasteiger partial charge >= 0.3 is 0 Å². The van der Waals surface area contributed by atoms with Crippen LogP contribution in [0.25, 0.3) is 0 Å². The number of carbonyl (C=O) groups excluding carboxylic acids is 2. The van der Waals surface area contributed by atoms with Crippen molar-refractivity contribution >= 4 is 35.0 Å². The van der Waals surface area contributed by atoms with Crippen LogP contribution in [0.4, 0.5) is 13.2 Å². The first-order valence-corrected chi connectivity index (χ1v) is 11.5. The Hall–Kier alpha value is -1.67. The molecular formula is C22H25Cl2F3N2O3. The van der Waals surface area contributed by atoms with E-state index >= 15 is 8.78 Å². The highest BCUT2D eigenvalue weighted by Crippen LogP contribution is 2.64. The number of rotatable bonds is 5. The van der Waals surface area contributed by atoms with Crippen LogP contribution in [0.2, 0.25) is 10.0 Å². The quantitative estimate of drug-likeness (QED) is 0.510. The molecule has 3 aliphatic carbocycles. The molecule has 0 heterocycles. The van der Waals surface area contributed by atoms with E-state index in [0.29, 0.717) is 12.8 Å². The molecule has 0 aliphatic heterocycles. The first kappa shape index (κ1) is 23.5. The van der Waals surface area contributed by atoms with E-state index in [1.54, 1.807) is 0 Å². The van der Waals surface area contributed by atoms with E-state index in [0.717, 1.165) is 6.07 Å². The number of amides is 2. The zero-order valence-electron chi connectivity index (χ0n) is 17.5. The average molecular weight is 493 g/mol. The van der Waals surface area contributed by atoms with E-state index in [2.05, 4.69) is 10.6 Å². The molecule has 3 saturated carbocycles. The number of benzene rings is 1. The molecule has 4 rings (SSSR count). The molecule has 2 bridgehead atoms. The van der Waals surface area contributed by atoms with Gasteiger partial charge in [-0.25, -0.2) is 13.2 Å². The van der Waals surface area contributed by atoms with Crippen LogP contribution in [0.15, 0.2) is 6.07 Å². The summed E-state index contributed by atoms with van der Waals surface area (Å²) in [6.07, 6.45) is 0.108. The molecule has 5 nitrogen and oxygen atoms in total. The monoisotopic (exact) mass is 492 g/mol. The molecule has 0 aromatic heterocycles. The van der Waals surface area contributed by atoms with Crippen molar-refractivity contribution < 1.29 is 27.9 Å². The smallest absolute Gasteiger partial charge is 0.223 e. The molecule has 4 atom stereocenters. The summed E-state index contributed by atoms with van der Waals surface area (Å²) in [7, 11) is 0. The summed E-state index contributed by atoms with van der Waals surface area (Å²) >= 11 is 12.4. The van der Waals surface area contributed by atoms with E-state index in [-0.39, 0.29) is 47.7 Å². The molecule has 0 unspecified atom stereocenters. The van der Waals surface area contributed by atoms with Crippen molar-refractivity contribution in [1.82, 2.24) is 10.6 Å². The van der Waals surface area contributed by atoms with Crippen molar-refractivity contribution in [3.05, 3.63) is 27.5 Å². The molecule has 32 heavy (non-hydrogen) atoms. The summed E-state index contributed by atoms with van der Waals surface area (Å²) in [6, 6.07) is -0.845. The zero-order chi connectivity index (χ0) is 23.4. The zero-order valence-corrected chi connectivity index (χ0v) is 19.0. The minimum atomic E-state index is -1.39. The lowest BCUT2D eigenvalue weighted by Gasteiger charge is -2.38. The Kier molecular flexibility index (Phi) is 6.07. The second-order valence-corrected chi connectivity index (χ2v) is 10.3. The number of aromatic hydroxyl groups is 1. The van der Waals surface area contributed by atoms with Crippen molar-refractivity contribution in [2.45, 2.75) is 75.8 Å². The van der Waals surface area contributed by atoms with Gasteiger partial charge in [0.1, 0.15) is 11.8 Å². The number of hydrogen-bond donors (Lipinski definition) is 3. The molecule has 3 fully saturated rings. The van der Waals surface area contributed by atoms with Gasteiger partial charge in [-0.05, 0) is 50.4 Å². The van der Waals surface area contributed by atoms with Gasteiger partial charge in [0.25, 0.3) is 0 Å². The van der Waals surface area contributed by atoms with E-state index in [1.165, 1.54) is 6.92 Å². The molecule has 0 spiro atoms. The third kappa shape index (κ3) is 4.04. The Morgan fingerprint density at radius 1 is 1.22 bits per heavy atom. The third-order valence-electron chi connectivity index (χ3n) is 7.41. The van der Waals surface area contributed by atoms with Crippen LogP contribution in [-0.2, 0) is 9.59 Å². The largest absolute Gasteiger partial charge is 0.505 e. The molecule has 3 aliphatic rings. The number of alkyl halides is 2. The minimum absolute atomic E-state index is 0.0888. The molecule has 10 heteroatoms. The normalized spacial score (nSPS) is 34.5. The fourth-order valence-electron chi connectivity index (χ4n) is 5.84. The molecular weight excluding hydrogens is 468 g/mol.